The highest BCUT2D eigenvalue weighted by Crippen LogP contribution is 2.22. The zero-order valence-electron chi connectivity index (χ0n) is 11.9. The van der Waals surface area contributed by atoms with Crippen molar-refractivity contribution in [2.45, 2.75) is 6.10 Å². The summed E-state index contributed by atoms with van der Waals surface area (Å²) in [5.41, 5.74) is 1.20. The maximum absolute atomic E-state index is 9.26. The number of hydrogen-bond donors (Lipinski definition) is 5. The van der Waals surface area contributed by atoms with E-state index >= 15 is 0 Å². The van der Waals surface area contributed by atoms with Crippen LogP contribution >= 0.6 is 0 Å². The molecule has 5 N–H and O–H groups in total. The average Bonchev–Trinajstić information content (AvgIpc) is 2.54. The predicted molar refractivity (Wildman–Crippen MR) is 84.4 cm³/mol. The van der Waals surface area contributed by atoms with Crippen LogP contribution in [0.1, 0.15) is 0 Å². The van der Waals surface area contributed by atoms with Gasteiger partial charge in [-0.25, -0.2) is 0 Å². The molecule has 1 unspecified atom stereocenters. The lowest BCUT2D eigenvalue weighted by molar-refractivity contribution is 0.105. The van der Waals surface area contributed by atoms with Gasteiger partial charge in [-0.05, 0) is 41.9 Å². The number of aliphatic hydroxyl groups is 2. The van der Waals surface area contributed by atoms with Crippen LogP contribution in [0.3, 0.4) is 0 Å². The van der Waals surface area contributed by atoms with Gasteiger partial charge in [-0.1, -0.05) is 12.1 Å². The van der Waals surface area contributed by atoms with E-state index in [2.05, 4.69) is 5.32 Å². The molecule has 0 aliphatic heterocycles. The summed E-state index contributed by atoms with van der Waals surface area (Å²) in [6.07, 6.45) is -0.795. The van der Waals surface area contributed by atoms with Gasteiger partial charge in [-0.15, -0.1) is 0 Å². The van der Waals surface area contributed by atoms with E-state index in [1.54, 1.807) is 48.5 Å². The van der Waals surface area contributed by atoms with Gasteiger partial charge >= 0.3 is 7.12 Å². The molecule has 0 amide bonds. The summed E-state index contributed by atoms with van der Waals surface area (Å²) >= 11 is 0. The molecule has 22 heavy (non-hydrogen) atoms. The van der Waals surface area contributed by atoms with E-state index in [1.807, 2.05) is 0 Å². The van der Waals surface area contributed by atoms with Gasteiger partial charge in [-0.3, -0.25) is 0 Å². The minimum atomic E-state index is -1.49. The molecule has 6 nitrogen and oxygen atoms in total. The second kappa shape index (κ2) is 7.81. The predicted octanol–water partition coefficient (Wildman–Crippen LogP) is -0.0762. The van der Waals surface area contributed by atoms with Crippen molar-refractivity contribution in [3.05, 3.63) is 48.5 Å². The van der Waals surface area contributed by atoms with Crippen molar-refractivity contribution in [3.8, 4) is 11.5 Å². The third-order valence-corrected chi connectivity index (χ3v) is 3.02. The van der Waals surface area contributed by atoms with Crippen LogP contribution in [0.4, 0.5) is 5.69 Å². The Morgan fingerprint density at radius 3 is 2.00 bits per heavy atom. The van der Waals surface area contributed by atoms with E-state index in [4.69, 9.17) is 19.9 Å². The lowest BCUT2D eigenvalue weighted by Crippen LogP contribution is -2.29. The molecular weight excluding hydrogens is 285 g/mol. The smallest absolute Gasteiger partial charge is 0.457 e. The number of ether oxygens (including phenoxy) is 1. The first-order valence-corrected chi connectivity index (χ1v) is 6.85. The Morgan fingerprint density at radius 2 is 1.50 bits per heavy atom. The van der Waals surface area contributed by atoms with Crippen LogP contribution in [0.25, 0.3) is 0 Å². The molecule has 0 bridgehead atoms. The summed E-state index contributed by atoms with van der Waals surface area (Å²) in [7, 11) is -1.49. The molecular formula is C15H18BNO5. The van der Waals surface area contributed by atoms with Crippen LogP contribution in [0.15, 0.2) is 48.5 Å². The van der Waals surface area contributed by atoms with Crippen molar-refractivity contribution in [1.29, 1.82) is 0 Å². The van der Waals surface area contributed by atoms with Crippen LogP contribution in [0.2, 0.25) is 0 Å². The fraction of sp³-hybridized carbons (Fsp3) is 0.200. The Balaban J connectivity index is 1.93. The van der Waals surface area contributed by atoms with Gasteiger partial charge in [0, 0.05) is 12.2 Å². The van der Waals surface area contributed by atoms with Crippen LogP contribution in [0.5, 0.6) is 11.5 Å². The minimum Gasteiger partial charge on any atom is -0.457 e. The summed E-state index contributed by atoms with van der Waals surface area (Å²) < 4.78 is 5.63. The summed E-state index contributed by atoms with van der Waals surface area (Å²) in [6.45, 7) is -0.0195. The molecule has 2 rings (SSSR count). The number of rotatable bonds is 7. The van der Waals surface area contributed by atoms with Gasteiger partial charge < -0.3 is 30.3 Å². The number of anilines is 1. The third-order valence-electron chi connectivity index (χ3n) is 3.02. The van der Waals surface area contributed by atoms with Crippen LogP contribution in [0, 0.1) is 0 Å². The van der Waals surface area contributed by atoms with Gasteiger partial charge in [0.25, 0.3) is 0 Å². The lowest BCUT2D eigenvalue weighted by atomic mass is 9.80. The highest BCUT2D eigenvalue weighted by molar-refractivity contribution is 6.58. The fourth-order valence-corrected chi connectivity index (χ4v) is 1.79. The van der Waals surface area contributed by atoms with Crippen molar-refractivity contribution in [3.63, 3.8) is 0 Å². The molecule has 1 atom stereocenters. The zero-order valence-corrected chi connectivity index (χ0v) is 11.9. The highest BCUT2D eigenvalue weighted by atomic mass is 16.5. The largest absolute Gasteiger partial charge is 0.488 e. The van der Waals surface area contributed by atoms with Gasteiger partial charge in [0.1, 0.15) is 11.5 Å². The van der Waals surface area contributed by atoms with Crippen LogP contribution in [-0.4, -0.2) is 46.6 Å². The van der Waals surface area contributed by atoms with E-state index in [9.17, 15) is 5.11 Å². The Hall–Kier alpha value is -2.06. The number of nitrogens with one attached hydrogen (secondary N) is 1. The van der Waals surface area contributed by atoms with Crippen molar-refractivity contribution in [2.75, 3.05) is 18.5 Å². The Morgan fingerprint density at radius 1 is 0.955 bits per heavy atom. The van der Waals surface area contributed by atoms with Crippen molar-refractivity contribution >= 4 is 18.3 Å². The standard InChI is InChI=1S/C15H18BNO5/c18-10-13(19)9-17-12-3-7-15(8-4-12)22-14-5-1-11(2-6-14)16(20)21/h1-8,13,17-21H,9-10H2. The van der Waals surface area contributed by atoms with E-state index in [0.29, 0.717) is 17.0 Å². The van der Waals surface area contributed by atoms with Gasteiger partial charge in [0.2, 0.25) is 0 Å². The summed E-state index contributed by atoms with van der Waals surface area (Å²) in [4.78, 5) is 0. The van der Waals surface area contributed by atoms with Crippen molar-refractivity contribution in [2.24, 2.45) is 0 Å². The first-order valence-electron chi connectivity index (χ1n) is 6.85. The van der Waals surface area contributed by atoms with E-state index in [0.717, 1.165) is 5.69 Å². The first-order chi connectivity index (χ1) is 10.6. The molecule has 2 aromatic carbocycles. The number of hydrogen-bond acceptors (Lipinski definition) is 6. The molecule has 0 radical (unpaired) electrons. The molecule has 7 heteroatoms. The van der Waals surface area contributed by atoms with Crippen molar-refractivity contribution < 1.29 is 25.0 Å². The molecule has 0 fully saturated rings. The maximum Gasteiger partial charge on any atom is 0.488 e. The molecule has 0 heterocycles. The minimum absolute atomic E-state index is 0.266. The van der Waals surface area contributed by atoms with Crippen LogP contribution in [-0.2, 0) is 0 Å². The zero-order chi connectivity index (χ0) is 15.9. The third kappa shape index (κ3) is 4.75. The highest BCUT2D eigenvalue weighted by Gasteiger charge is 2.10. The quantitative estimate of drug-likeness (QED) is 0.459. The molecule has 0 spiro atoms. The lowest BCUT2D eigenvalue weighted by Gasteiger charge is -2.11. The monoisotopic (exact) mass is 303 g/mol. The Bertz CT molecular complexity index is 573. The number of benzene rings is 2. The second-order valence-electron chi connectivity index (χ2n) is 4.79. The normalized spacial score (nSPS) is 11.8. The maximum atomic E-state index is 9.26. The summed E-state index contributed by atoms with van der Waals surface area (Å²) in [5, 5.41) is 39.0. The van der Waals surface area contributed by atoms with E-state index in [1.165, 1.54) is 0 Å². The molecule has 116 valence electrons. The van der Waals surface area contributed by atoms with E-state index < -0.39 is 13.2 Å². The molecule has 2 aromatic rings. The van der Waals surface area contributed by atoms with Gasteiger partial charge in [0.15, 0.2) is 0 Å². The first kappa shape index (κ1) is 16.3. The average molecular weight is 303 g/mol. The van der Waals surface area contributed by atoms with E-state index in [-0.39, 0.29) is 13.2 Å². The Kier molecular flexibility index (Phi) is 5.79. The second-order valence-corrected chi connectivity index (χ2v) is 4.79. The molecule has 0 saturated carbocycles. The molecule has 0 aromatic heterocycles. The Labute approximate surface area is 128 Å². The SMILES string of the molecule is OCC(O)CNc1ccc(Oc2ccc(B(O)O)cc2)cc1. The summed E-state index contributed by atoms with van der Waals surface area (Å²) in [5.74, 6) is 1.21. The van der Waals surface area contributed by atoms with Gasteiger partial charge in [-0.2, -0.15) is 0 Å². The molecule has 0 aliphatic carbocycles. The summed E-state index contributed by atoms with van der Waals surface area (Å²) in [6, 6.07) is 13.6. The fourth-order valence-electron chi connectivity index (χ4n) is 1.79. The number of aliphatic hydroxyl groups excluding tert-OH is 2. The van der Waals surface area contributed by atoms with Crippen molar-refractivity contribution in [1.82, 2.24) is 0 Å². The topological polar surface area (TPSA) is 102 Å². The molecule has 0 saturated heterocycles. The van der Waals surface area contributed by atoms with Gasteiger partial charge in [0.05, 0.1) is 12.7 Å². The molecule has 0 aliphatic rings. The van der Waals surface area contributed by atoms with Crippen LogP contribution < -0.4 is 15.5 Å².